The van der Waals surface area contributed by atoms with Crippen molar-refractivity contribution in [2.45, 2.75) is 51.2 Å². The van der Waals surface area contributed by atoms with Crippen LogP contribution in [0.15, 0.2) is 48.5 Å². The van der Waals surface area contributed by atoms with Crippen LogP contribution in [0.4, 0.5) is 4.79 Å². The Morgan fingerprint density at radius 2 is 1.59 bits per heavy atom. The first-order chi connectivity index (χ1) is 13.9. The lowest BCUT2D eigenvalue weighted by atomic mass is 9.52. The molecular weight excluding hydrogens is 386 g/mol. The molecule has 5 nitrogen and oxygen atoms in total. The van der Waals surface area contributed by atoms with Gasteiger partial charge >= 0.3 is 6.03 Å². The van der Waals surface area contributed by atoms with Crippen molar-refractivity contribution in [3.05, 3.63) is 70.2 Å². The third-order valence-electron chi connectivity index (χ3n) is 6.14. The number of carbonyl (C=O) groups excluding carboxylic acids is 2. The maximum atomic E-state index is 12.4. The first kappa shape index (κ1) is 19.8. The molecule has 2 saturated carbocycles. The Morgan fingerprint density at radius 3 is 2.24 bits per heavy atom. The number of amides is 3. The van der Waals surface area contributed by atoms with E-state index in [0.717, 1.165) is 42.4 Å². The molecule has 29 heavy (non-hydrogen) atoms. The highest BCUT2D eigenvalue weighted by atomic mass is 35.5. The minimum absolute atomic E-state index is 0.0125. The summed E-state index contributed by atoms with van der Waals surface area (Å²) in [5, 5.41) is 9.77. The molecule has 0 bridgehead atoms. The number of urea groups is 1. The van der Waals surface area contributed by atoms with Crippen LogP contribution in [0.1, 0.15) is 47.2 Å². The van der Waals surface area contributed by atoms with Crippen LogP contribution >= 0.6 is 11.6 Å². The minimum atomic E-state index is -0.136. The highest BCUT2D eigenvalue weighted by Gasteiger charge is 2.53. The molecule has 3 N–H and O–H groups in total. The number of halogens is 1. The largest absolute Gasteiger partial charge is 0.349 e. The maximum Gasteiger partial charge on any atom is 0.315 e. The fourth-order valence-electron chi connectivity index (χ4n) is 4.62. The first-order valence-electron chi connectivity index (χ1n) is 10.1. The van der Waals surface area contributed by atoms with Crippen LogP contribution < -0.4 is 16.0 Å². The summed E-state index contributed by atoms with van der Waals surface area (Å²) in [6, 6.07) is 15.4. The van der Waals surface area contributed by atoms with Crippen molar-refractivity contribution in [2.24, 2.45) is 5.41 Å². The van der Waals surface area contributed by atoms with Crippen LogP contribution in [0.5, 0.6) is 0 Å². The Bertz CT molecular complexity index is 899. The summed E-state index contributed by atoms with van der Waals surface area (Å²) in [4.78, 5) is 24.5. The molecular formula is C23H26ClN3O2. The van der Waals surface area contributed by atoms with Gasteiger partial charge in [0.25, 0.3) is 5.91 Å². The molecule has 0 radical (unpaired) electrons. The van der Waals surface area contributed by atoms with Gasteiger partial charge in [-0.2, -0.15) is 0 Å². The lowest BCUT2D eigenvalue weighted by Gasteiger charge is -2.57. The number of rotatable bonds is 5. The van der Waals surface area contributed by atoms with E-state index >= 15 is 0 Å². The highest BCUT2D eigenvalue weighted by Crippen LogP contribution is 2.55. The fraction of sp³-hybridized carbons (Fsp3) is 0.391. The van der Waals surface area contributed by atoms with Gasteiger partial charge in [-0.1, -0.05) is 41.9 Å². The Kier molecular flexibility index (Phi) is 5.50. The monoisotopic (exact) mass is 411 g/mol. The van der Waals surface area contributed by atoms with E-state index in [1.54, 1.807) is 0 Å². The molecule has 0 heterocycles. The lowest BCUT2D eigenvalue weighted by Crippen LogP contribution is -2.61. The summed E-state index contributed by atoms with van der Waals surface area (Å²) in [7, 11) is 0. The Hall–Kier alpha value is -2.53. The van der Waals surface area contributed by atoms with E-state index in [0.29, 0.717) is 11.6 Å². The summed E-state index contributed by atoms with van der Waals surface area (Å²) >= 11 is 5.87. The van der Waals surface area contributed by atoms with E-state index < -0.39 is 0 Å². The van der Waals surface area contributed by atoms with Crippen LogP contribution in [-0.4, -0.2) is 24.0 Å². The van der Waals surface area contributed by atoms with Gasteiger partial charge in [-0.25, -0.2) is 4.79 Å². The molecule has 6 heteroatoms. The van der Waals surface area contributed by atoms with Crippen LogP contribution in [0.2, 0.25) is 5.02 Å². The normalized spacial score (nSPS) is 24.9. The number of hydrogen-bond donors (Lipinski definition) is 3. The zero-order valence-electron chi connectivity index (χ0n) is 16.5. The number of carbonyl (C=O) groups is 2. The molecule has 0 atom stereocenters. The van der Waals surface area contributed by atoms with Gasteiger partial charge in [-0.05, 0) is 67.3 Å². The number of nitrogens with one attached hydrogen (secondary N) is 3. The van der Waals surface area contributed by atoms with Crippen molar-refractivity contribution in [3.63, 3.8) is 0 Å². The molecule has 4 rings (SSSR count). The molecule has 0 aliphatic heterocycles. The summed E-state index contributed by atoms with van der Waals surface area (Å²) in [5.74, 6) is 0.0125. The Morgan fingerprint density at radius 1 is 0.966 bits per heavy atom. The van der Waals surface area contributed by atoms with E-state index in [1.807, 2.05) is 55.5 Å². The van der Waals surface area contributed by atoms with E-state index in [2.05, 4.69) is 16.0 Å². The van der Waals surface area contributed by atoms with Gasteiger partial charge in [0, 0.05) is 29.2 Å². The zero-order chi connectivity index (χ0) is 20.4. The number of aryl methyl sites for hydroxylation is 1. The van der Waals surface area contributed by atoms with Crippen LogP contribution in [0.25, 0.3) is 0 Å². The quantitative estimate of drug-likeness (QED) is 0.690. The third kappa shape index (κ3) is 4.56. The van der Waals surface area contributed by atoms with Gasteiger partial charge in [0.2, 0.25) is 0 Å². The topological polar surface area (TPSA) is 70.2 Å². The predicted octanol–water partition coefficient (Wildman–Crippen LogP) is 4.19. The number of hydrogen-bond acceptors (Lipinski definition) is 2. The molecule has 2 aliphatic rings. The van der Waals surface area contributed by atoms with Gasteiger partial charge < -0.3 is 16.0 Å². The summed E-state index contributed by atoms with van der Waals surface area (Å²) in [6.07, 6.45) is 3.96. The van der Waals surface area contributed by atoms with Gasteiger partial charge in [0.05, 0.1) is 0 Å². The lowest BCUT2D eigenvalue weighted by molar-refractivity contribution is -0.0236. The van der Waals surface area contributed by atoms with E-state index in [-0.39, 0.29) is 29.4 Å². The standard InChI is InChI=1S/C23H26ClN3O2/c1-15-4-2-3-5-20(15)21(28)26-18-10-23(11-18)12-19(13-23)27-22(29)25-14-16-6-8-17(24)9-7-16/h2-9,18-19H,10-14H2,1H3,(H,26,28)(H2,25,27,29). The van der Waals surface area contributed by atoms with Crippen molar-refractivity contribution in [1.82, 2.24) is 16.0 Å². The summed E-state index contributed by atoms with van der Waals surface area (Å²) in [5.41, 5.74) is 3.05. The average molecular weight is 412 g/mol. The van der Waals surface area contributed by atoms with Crippen molar-refractivity contribution in [3.8, 4) is 0 Å². The van der Waals surface area contributed by atoms with Gasteiger partial charge in [-0.3, -0.25) is 4.79 Å². The molecule has 2 aromatic carbocycles. The second-order valence-electron chi connectivity index (χ2n) is 8.45. The SMILES string of the molecule is Cc1ccccc1C(=O)NC1CC2(CC(NC(=O)NCc3ccc(Cl)cc3)C2)C1. The van der Waals surface area contributed by atoms with Crippen molar-refractivity contribution in [2.75, 3.05) is 0 Å². The Balaban J connectivity index is 1.15. The fourth-order valence-corrected chi connectivity index (χ4v) is 4.75. The van der Waals surface area contributed by atoms with Gasteiger partial charge in [0.15, 0.2) is 0 Å². The second-order valence-corrected chi connectivity index (χ2v) is 8.89. The predicted molar refractivity (Wildman–Crippen MR) is 114 cm³/mol. The van der Waals surface area contributed by atoms with Crippen molar-refractivity contribution in [1.29, 1.82) is 0 Å². The molecule has 2 aliphatic carbocycles. The van der Waals surface area contributed by atoms with Gasteiger partial charge in [-0.15, -0.1) is 0 Å². The smallest absolute Gasteiger partial charge is 0.315 e. The van der Waals surface area contributed by atoms with Crippen molar-refractivity contribution < 1.29 is 9.59 Å². The second kappa shape index (κ2) is 8.07. The molecule has 0 saturated heterocycles. The molecule has 2 aromatic rings. The van der Waals surface area contributed by atoms with E-state index in [1.165, 1.54) is 0 Å². The minimum Gasteiger partial charge on any atom is -0.349 e. The zero-order valence-corrected chi connectivity index (χ0v) is 17.3. The molecule has 1 spiro atoms. The van der Waals surface area contributed by atoms with Crippen LogP contribution in [0.3, 0.4) is 0 Å². The Labute approximate surface area is 176 Å². The highest BCUT2D eigenvalue weighted by molar-refractivity contribution is 6.30. The third-order valence-corrected chi connectivity index (χ3v) is 6.40. The molecule has 2 fully saturated rings. The molecule has 3 amide bonds. The summed E-state index contributed by atoms with van der Waals surface area (Å²) in [6.45, 7) is 2.44. The first-order valence-corrected chi connectivity index (χ1v) is 10.5. The van der Waals surface area contributed by atoms with Gasteiger partial charge in [0.1, 0.15) is 0 Å². The summed E-state index contributed by atoms with van der Waals surface area (Å²) < 4.78 is 0. The maximum absolute atomic E-state index is 12.4. The molecule has 0 aromatic heterocycles. The average Bonchev–Trinajstić information content (AvgIpc) is 2.64. The van der Waals surface area contributed by atoms with E-state index in [9.17, 15) is 9.59 Å². The van der Waals surface area contributed by atoms with Crippen molar-refractivity contribution >= 4 is 23.5 Å². The molecule has 152 valence electrons. The number of benzene rings is 2. The van der Waals surface area contributed by atoms with Crippen LogP contribution in [-0.2, 0) is 6.54 Å². The van der Waals surface area contributed by atoms with Crippen LogP contribution in [0, 0.1) is 12.3 Å². The molecule has 0 unspecified atom stereocenters. The van der Waals surface area contributed by atoms with E-state index in [4.69, 9.17) is 11.6 Å².